The van der Waals surface area contributed by atoms with E-state index in [2.05, 4.69) is 47.8 Å². The van der Waals surface area contributed by atoms with Crippen LogP contribution in [0.15, 0.2) is 36.7 Å². The molecule has 1 N–H and O–H groups in total. The smallest absolute Gasteiger partial charge is 0.0693 e. The van der Waals surface area contributed by atoms with E-state index in [-0.39, 0.29) is 0 Å². The predicted molar refractivity (Wildman–Crippen MR) is 72.9 cm³/mol. The monoisotopic (exact) mass is 241 g/mol. The molecular weight excluding hydrogens is 222 g/mol. The summed E-state index contributed by atoms with van der Waals surface area (Å²) in [4.78, 5) is 0. The molecule has 1 aliphatic rings. The van der Waals surface area contributed by atoms with Crippen LogP contribution >= 0.6 is 0 Å². The lowest BCUT2D eigenvalue weighted by atomic mass is 9.96. The molecule has 1 atom stereocenters. The van der Waals surface area contributed by atoms with Crippen molar-refractivity contribution < 1.29 is 0 Å². The molecule has 0 spiro atoms. The molecule has 1 aliphatic heterocycles. The number of benzene rings is 1. The van der Waals surface area contributed by atoms with Crippen molar-refractivity contribution in [3.8, 4) is 5.69 Å². The molecule has 94 valence electrons. The fourth-order valence-electron chi connectivity index (χ4n) is 2.65. The number of nitrogens with zero attached hydrogens (tertiary/aromatic N) is 2. The highest BCUT2D eigenvalue weighted by Crippen LogP contribution is 2.27. The second-order valence-electron chi connectivity index (χ2n) is 5.02. The number of rotatable bonds is 2. The molecule has 2 heterocycles. The summed E-state index contributed by atoms with van der Waals surface area (Å²) in [7, 11) is 0. The molecule has 0 bridgehead atoms. The lowest BCUT2D eigenvalue weighted by Gasteiger charge is -2.25. The highest BCUT2D eigenvalue weighted by molar-refractivity contribution is 5.42. The average Bonchev–Trinajstić information content (AvgIpc) is 2.86. The summed E-state index contributed by atoms with van der Waals surface area (Å²) in [5.41, 5.74) is 3.76. The maximum Gasteiger partial charge on any atom is 0.0693 e. The first-order valence-corrected chi connectivity index (χ1v) is 6.68. The maximum atomic E-state index is 4.43. The largest absolute Gasteiger partial charge is 0.310 e. The van der Waals surface area contributed by atoms with Gasteiger partial charge in [0.2, 0.25) is 0 Å². The lowest BCUT2D eigenvalue weighted by molar-refractivity contribution is 0.411. The highest BCUT2D eigenvalue weighted by Gasteiger charge is 2.18. The quantitative estimate of drug-likeness (QED) is 0.876. The zero-order valence-corrected chi connectivity index (χ0v) is 10.8. The molecule has 1 saturated heterocycles. The Kier molecular flexibility index (Phi) is 3.15. The minimum absolute atomic E-state index is 0.472. The molecule has 18 heavy (non-hydrogen) atoms. The van der Waals surface area contributed by atoms with Crippen molar-refractivity contribution in [3.05, 3.63) is 47.8 Å². The number of aryl methyl sites for hydroxylation is 1. The van der Waals surface area contributed by atoms with Crippen molar-refractivity contribution in [2.45, 2.75) is 32.2 Å². The Hall–Kier alpha value is -1.61. The first kappa shape index (κ1) is 11.5. The standard InChI is InChI=1S/C15H19N3/c1-12-10-17-18(11-12)15-8-3-2-6-13(15)14-7-4-5-9-16-14/h2-3,6,8,10-11,14,16H,4-5,7,9H2,1H3. The summed E-state index contributed by atoms with van der Waals surface area (Å²) < 4.78 is 1.99. The number of hydrogen-bond acceptors (Lipinski definition) is 2. The van der Waals surface area contributed by atoms with Gasteiger partial charge in [0.25, 0.3) is 0 Å². The van der Waals surface area contributed by atoms with Crippen LogP contribution in [-0.4, -0.2) is 16.3 Å². The van der Waals surface area contributed by atoms with Crippen molar-refractivity contribution in [3.63, 3.8) is 0 Å². The van der Waals surface area contributed by atoms with Crippen LogP contribution in [0.25, 0.3) is 5.69 Å². The molecule has 2 aromatic rings. The molecule has 1 fully saturated rings. The zero-order chi connectivity index (χ0) is 12.4. The van der Waals surface area contributed by atoms with E-state index in [4.69, 9.17) is 0 Å². The van der Waals surface area contributed by atoms with E-state index in [1.165, 1.54) is 36.1 Å². The second kappa shape index (κ2) is 4.94. The Bertz CT molecular complexity index is 524. The maximum absolute atomic E-state index is 4.43. The zero-order valence-electron chi connectivity index (χ0n) is 10.8. The topological polar surface area (TPSA) is 29.9 Å². The Labute approximate surface area is 108 Å². The van der Waals surface area contributed by atoms with Gasteiger partial charge in [-0.2, -0.15) is 5.10 Å². The minimum atomic E-state index is 0.472. The molecule has 3 heteroatoms. The minimum Gasteiger partial charge on any atom is -0.310 e. The van der Waals surface area contributed by atoms with E-state index < -0.39 is 0 Å². The molecule has 3 nitrogen and oxygen atoms in total. The molecule has 0 amide bonds. The molecule has 0 aliphatic carbocycles. The van der Waals surface area contributed by atoms with Crippen molar-refractivity contribution >= 4 is 0 Å². The van der Waals surface area contributed by atoms with Crippen molar-refractivity contribution in [1.29, 1.82) is 0 Å². The second-order valence-corrected chi connectivity index (χ2v) is 5.02. The summed E-state index contributed by atoms with van der Waals surface area (Å²) in [5.74, 6) is 0. The van der Waals surface area contributed by atoms with Gasteiger partial charge in [-0.05, 0) is 43.5 Å². The van der Waals surface area contributed by atoms with Crippen molar-refractivity contribution in [2.75, 3.05) is 6.54 Å². The summed E-state index contributed by atoms with van der Waals surface area (Å²) >= 11 is 0. The average molecular weight is 241 g/mol. The summed E-state index contributed by atoms with van der Waals surface area (Å²) in [6, 6.07) is 9.04. The van der Waals surface area contributed by atoms with E-state index in [0.717, 1.165) is 6.54 Å². The van der Waals surface area contributed by atoms with Gasteiger partial charge in [-0.25, -0.2) is 4.68 Å². The Balaban J connectivity index is 1.99. The van der Waals surface area contributed by atoms with Crippen LogP contribution in [0.1, 0.15) is 36.4 Å². The van der Waals surface area contributed by atoms with Crippen LogP contribution < -0.4 is 5.32 Å². The van der Waals surface area contributed by atoms with Gasteiger partial charge in [0.15, 0.2) is 0 Å². The summed E-state index contributed by atoms with van der Waals surface area (Å²) in [6.45, 7) is 3.20. The van der Waals surface area contributed by atoms with Crippen LogP contribution in [-0.2, 0) is 0 Å². The van der Waals surface area contributed by atoms with Crippen molar-refractivity contribution in [2.24, 2.45) is 0 Å². The Morgan fingerprint density at radius 1 is 1.28 bits per heavy atom. The summed E-state index contributed by atoms with van der Waals surface area (Å²) in [5, 5.41) is 8.04. The molecule has 0 radical (unpaired) electrons. The first-order chi connectivity index (χ1) is 8.84. The third kappa shape index (κ3) is 2.18. The number of para-hydroxylation sites is 1. The van der Waals surface area contributed by atoms with Gasteiger partial charge in [0, 0.05) is 12.2 Å². The summed E-state index contributed by atoms with van der Waals surface area (Å²) in [6.07, 6.45) is 7.81. The molecule has 3 rings (SSSR count). The van der Waals surface area contributed by atoms with Gasteiger partial charge >= 0.3 is 0 Å². The van der Waals surface area contributed by atoms with E-state index in [1.807, 2.05) is 10.9 Å². The third-order valence-electron chi connectivity index (χ3n) is 3.58. The van der Waals surface area contributed by atoms with Gasteiger partial charge in [-0.1, -0.05) is 24.6 Å². The molecular formula is C15H19N3. The third-order valence-corrected chi connectivity index (χ3v) is 3.58. The van der Waals surface area contributed by atoms with Crippen molar-refractivity contribution in [1.82, 2.24) is 15.1 Å². The van der Waals surface area contributed by atoms with Crippen LogP contribution in [0.2, 0.25) is 0 Å². The Morgan fingerprint density at radius 2 is 2.17 bits per heavy atom. The van der Waals surface area contributed by atoms with Gasteiger partial charge in [0.05, 0.1) is 11.9 Å². The van der Waals surface area contributed by atoms with E-state index >= 15 is 0 Å². The van der Waals surface area contributed by atoms with Crippen LogP contribution in [0.3, 0.4) is 0 Å². The number of hydrogen-bond donors (Lipinski definition) is 1. The molecule has 1 aromatic heterocycles. The van der Waals surface area contributed by atoms with Gasteiger partial charge in [-0.3, -0.25) is 0 Å². The number of piperidine rings is 1. The van der Waals surface area contributed by atoms with E-state index in [1.54, 1.807) is 0 Å². The molecule has 0 saturated carbocycles. The van der Waals surface area contributed by atoms with E-state index in [0.29, 0.717) is 6.04 Å². The van der Waals surface area contributed by atoms with Gasteiger partial charge in [0.1, 0.15) is 0 Å². The fourth-order valence-corrected chi connectivity index (χ4v) is 2.65. The van der Waals surface area contributed by atoms with Gasteiger partial charge in [-0.15, -0.1) is 0 Å². The van der Waals surface area contributed by atoms with Crippen LogP contribution in [0, 0.1) is 6.92 Å². The highest BCUT2D eigenvalue weighted by atomic mass is 15.3. The Morgan fingerprint density at radius 3 is 2.89 bits per heavy atom. The fraction of sp³-hybridized carbons (Fsp3) is 0.400. The SMILES string of the molecule is Cc1cnn(-c2ccccc2C2CCCCN2)c1. The molecule has 1 aromatic carbocycles. The predicted octanol–water partition coefficient (Wildman–Crippen LogP) is 3.00. The lowest BCUT2D eigenvalue weighted by Crippen LogP contribution is -2.27. The normalized spacial score (nSPS) is 19.9. The number of aromatic nitrogens is 2. The van der Waals surface area contributed by atoms with Gasteiger partial charge < -0.3 is 5.32 Å². The number of nitrogens with one attached hydrogen (secondary N) is 1. The van der Waals surface area contributed by atoms with Crippen LogP contribution in [0.4, 0.5) is 0 Å². The molecule has 1 unspecified atom stereocenters. The van der Waals surface area contributed by atoms with Crippen LogP contribution in [0.5, 0.6) is 0 Å². The first-order valence-electron chi connectivity index (χ1n) is 6.68. The van der Waals surface area contributed by atoms with E-state index in [9.17, 15) is 0 Å².